The minimum absolute atomic E-state index is 0.0168. The van der Waals surface area contributed by atoms with Gasteiger partial charge in [-0.05, 0) is 20.8 Å². The van der Waals surface area contributed by atoms with Gasteiger partial charge in [-0.15, -0.1) is 0 Å². The van der Waals surface area contributed by atoms with E-state index >= 15 is 0 Å². The quantitative estimate of drug-likeness (QED) is 0.529. The molecule has 0 bridgehead atoms. The molecule has 0 spiro atoms. The van der Waals surface area contributed by atoms with Gasteiger partial charge in [0.15, 0.2) is 6.29 Å². The first-order valence-electron chi connectivity index (χ1n) is 4.80. The van der Waals surface area contributed by atoms with E-state index in [-0.39, 0.29) is 18.1 Å². The predicted octanol–water partition coefficient (Wildman–Crippen LogP) is -0.0671. The van der Waals surface area contributed by atoms with Crippen LogP contribution in [0.15, 0.2) is 0 Å². The lowest BCUT2D eigenvalue weighted by atomic mass is 9.91. The average Bonchev–Trinajstić information content (AvgIpc) is 2.14. The second-order valence-electron chi connectivity index (χ2n) is 4.67. The maximum atomic E-state index is 10.5. The fourth-order valence-corrected chi connectivity index (χ4v) is 0.808. The summed E-state index contributed by atoms with van der Waals surface area (Å²) < 4.78 is 0. The Balaban J connectivity index is 4.09. The molecule has 0 fully saturated rings. The van der Waals surface area contributed by atoms with E-state index in [1.807, 2.05) is 13.8 Å². The maximum Gasteiger partial charge on any atom is 0.151 e. The molecule has 3 N–H and O–H groups in total. The third kappa shape index (κ3) is 4.17. The van der Waals surface area contributed by atoms with Crippen LogP contribution < -0.4 is 5.32 Å². The van der Waals surface area contributed by atoms with Crippen molar-refractivity contribution in [2.75, 3.05) is 13.2 Å². The molecule has 0 aliphatic heterocycles. The van der Waals surface area contributed by atoms with E-state index in [0.29, 0.717) is 12.8 Å². The molecule has 4 nitrogen and oxygen atoms in total. The normalized spacial score (nSPS) is 18.7. The molecule has 0 rings (SSSR count). The number of hydrogen-bond donors (Lipinski definition) is 3. The zero-order valence-electron chi connectivity index (χ0n) is 9.37. The van der Waals surface area contributed by atoms with E-state index in [1.54, 1.807) is 6.92 Å². The molecule has 0 aromatic rings. The highest BCUT2D eigenvalue weighted by Gasteiger charge is 2.28. The fourth-order valence-electron chi connectivity index (χ4n) is 0.808. The van der Waals surface area contributed by atoms with Gasteiger partial charge in [0.25, 0.3) is 0 Å². The van der Waals surface area contributed by atoms with Gasteiger partial charge in [0.2, 0.25) is 0 Å². The van der Waals surface area contributed by atoms with Crippen molar-refractivity contribution in [3.05, 3.63) is 0 Å². The van der Waals surface area contributed by atoms with Crippen molar-refractivity contribution in [2.45, 2.75) is 38.8 Å². The van der Waals surface area contributed by atoms with E-state index in [0.717, 1.165) is 0 Å². The van der Waals surface area contributed by atoms with Crippen LogP contribution in [0, 0.1) is 5.92 Å². The summed E-state index contributed by atoms with van der Waals surface area (Å²) in [6.45, 7) is 7.49. The van der Waals surface area contributed by atoms with Crippen LogP contribution in [-0.2, 0) is 4.79 Å². The largest absolute Gasteiger partial charge is 0.394 e. The Hall–Kier alpha value is -0.450. The van der Waals surface area contributed by atoms with Gasteiger partial charge in [0, 0.05) is 18.0 Å². The first kappa shape index (κ1) is 13.5. The number of hydrogen-bond acceptors (Lipinski definition) is 4. The molecule has 84 valence electrons. The number of carbonyl (C=O) groups excluding carboxylic acids is 1. The molecule has 0 aliphatic rings. The molecule has 14 heavy (non-hydrogen) atoms. The molecule has 0 saturated heterocycles. The number of rotatable bonds is 6. The summed E-state index contributed by atoms with van der Waals surface area (Å²) in [5.41, 5.74) is -1.69. The van der Waals surface area contributed by atoms with Crippen LogP contribution in [0.25, 0.3) is 0 Å². The summed E-state index contributed by atoms with van der Waals surface area (Å²) in [5.74, 6) is -0.189. The van der Waals surface area contributed by atoms with Gasteiger partial charge >= 0.3 is 0 Å². The zero-order valence-corrected chi connectivity index (χ0v) is 9.37. The van der Waals surface area contributed by atoms with Crippen LogP contribution in [0.1, 0.15) is 27.7 Å². The molecule has 0 aliphatic carbocycles. The molecule has 0 amide bonds. The minimum Gasteiger partial charge on any atom is -0.394 e. The molecule has 2 atom stereocenters. The Kier molecular flexibility index (Phi) is 4.71. The second-order valence-corrected chi connectivity index (χ2v) is 4.67. The van der Waals surface area contributed by atoms with Crippen molar-refractivity contribution in [2.24, 2.45) is 5.92 Å². The van der Waals surface area contributed by atoms with Crippen molar-refractivity contribution < 1.29 is 15.0 Å². The number of nitrogens with one attached hydrogen (secondary N) is 1. The molecule has 4 heteroatoms. The van der Waals surface area contributed by atoms with E-state index in [2.05, 4.69) is 5.32 Å². The van der Waals surface area contributed by atoms with Gasteiger partial charge < -0.3 is 20.3 Å². The molecule has 2 unspecified atom stereocenters. The summed E-state index contributed by atoms with van der Waals surface area (Å²) in [5, 5.41) is 21.6. The second kappa shape index (κ2) is 4.87. The molecule has 0 heterocycles. The number of aliphatic hydroxyl groups is 2. The molecular formula is C10H21NO3. The Bertz CT molecular complexity index is 190. The summed E-state index contributed by atoms with van der Waals surface area (Å²) in [6.07, 6.45) is 0.547. The highest BCUT2D eigenvalue weighted by Crippen LogP contribution is 2.14. The van der Waals surface area contributed by atoms with Gasteiger partial charge in [-0.25, -0.2) is 0 Å². The van der Waals surface area contributed by atoms with Gasteiger partial charge in [0.1, 0.15) is 5.60 Å². The SMILES string of the molecule is CC(CNC(C)(C)CO)C(C)(O)C=O. The van der Waals surface area contributed by atoms with Gasteiger partial charge in [0.05, 0.1) is 6.61 Å². The van der Waals surface area contributed by atoms with Gasteiger partial charge in [-0.1, -0.05) is 6.92 Å². The lowest BCUT2D eigenvalue weighted by molar-refractivity contribution is -0.126. The van der Waals surface area contributed by atoms with E-state index in [1.165, 1.54) is 6.92 Å². The van der Waals surface area contributed by atoms with Gasteiger partial charge in [-0.2, -0.15) is 0 Å². The third-order valence-electron chi connectivity index (χ3n) is 2.52. The zero-order chi connectivity index (χ0) is 11.4. The van der Waals surface area contributed by atoms with Crippen LogP contribution in [0.5, 0.6) is 0 Å². The Morgan fingerprint density at radius 3 is 2.29 bits per heavy atom. The Morgan fingerprint density at radius 1 is 1.43 bits per heavy atom. The first-order valence-corrected chi connectivity index (χ1v) is 4.80. The molecule has 0 radical (unpaired) electrons. The third-order valence-corrected chi connectivity index (χ3v) is 2.52. The highest BCUT2D eigenvalue weighted by molar-refractivity contribution is 5.61. The number of aldehydes is 1. The fraction of sp³-hybridized carbons (Fsp3) is 0.900. The lowest BCUT2D eigenvalue weighted by Gasteiger charge is -2.30. The monoisotopic (exact) mass is 203 g/mol. The summed E-state index contributed by atoms with van der Waals surface area (Å²) in [4.78, 5) is 10.5. The highest BCUT2D eigenvalue weighted by atomic mass is 16.3. The van der Waals surface area contributed by atoms with Crippen LogP contribution in [0.2, 0.25) is 0 Å². The molecule has 0 saturated carbocycles. The smallest absolute Gasteiger partial charge is 0.151 e. The van der Waals surface area contributed by atoms with Crippen LogP contribution >= 0.6 is 0 Å². The van der Waals surface area contributed by atoms with Crippen LogP contribution in [-0.4, -0.2) is 40.8 Å². The summed E-state index contributed by atoms with van der Waals surface area (Å²) >= 11 is 0. The van der Waals surface area contributed by atoms with Crippen molar-refractivity contribution in [3.8, 4) is 0 Å². The Labute approximate surface area is 85.3 Å². The van der Waals surface area contributed by atoms with E-state index in [4.69, 9.17) is 5.11 Å². The van der Waals surface area contributed by atoms with Crippen molar-refractivity contribution in [3.63, 3.8) is 0 Å². The number of aliphatic hydroxyl groups excluding tert-OH is 1. The van der Waals surface area contributed by atoms with Gasteiger partial charge in [-0.3, -0.25) is 0 Å². The molecule has 0 aromatic heterocycles. The minimum atomic E-state index is -1.31. The van der Waals surface area contributed by atoms with E-state index in [9.17, 15) is 9.90 Å². The molecular weight excluding hydrogens is 182 g/mol. The Morgan fingerprint density at radius 2 is 1.93 bits per heavy atom. The van der Waals surface area contributed by atoms with Crippen molar-refractivity contribution in [1.82, 2.24) is 5.32 Å². The standard InChI is InChI=1S/C10H21NO3/c1-8(10(4,14)7-13)5-11-9(2,3)6-12/h7-8,11-12,14H,5-6H2,1-4H3. The predicted molar refractivity (Wildman–Crippen MR) is 55.0 cm³/mol. The topological polar surface area (TPSA) is 69.6 Å². The summed E-state index contributed by atoms with van der Waals surface area (Å²) in [6, 6.07) is 0. The lowest BCUT2D eigenvalue weighted by Crippen LogP contribution is -2.49. The van der Waals surface area contributed by atoms with Crippen molar-refractivity contribution >= 4 is 6.29 Å². The maximum absolute atomic E-state index is 10.5. The summed E-state index contributed by atoms with van der Waals surface area (Å²) in [7, 11) is 0. The van der Waals surface area contributed by atoms with Crippen LogP contribution in [0.3, 0.4) is 0 Å². The van der Waals surface area contributed by atoms with Crippen LogP contribution in [0.4, 0.5) is 0 Å². The average molecular weight is 203 g/mol. The number of carbonyl (C=O) groups is 1. The van der Waals surface area contributed by atoms with E-state index < -0.39 is 5.60 Å². The molecule has 0 aromatic carbocycles. The van der Waals surface area contributed by atoms with Crippen molar-refractivity contribution in [1.29, 1.82) is 0 Å². The first-order chi connectivity index (χ1) is 6.25.